The lowest BCUT2D eigenvalue weighted by molar-refractivity contribution is 0.378. The number of hydrogen-bond donors (Lipinski definition) is 1. The van der Waals surface area contributed by atoms with Gasteiger partial charge in [0.2, 0.25) is 0 Å². The lowest BCUT2D eigenvalue weighted by atomic mass is 10.0. The van der Waals surface area contributed by atoms with Crippen LogP contribution < -0.4 is 10.5 Å². The lowest BCUT2D eigenvalue weighted by Crippen LogP contribution is -2.14. The molecular weight excluding hydrogens is 200 g/mol. The summed E-state index contributed by atoms with van der Waals surface area (Å²) in [6.07, 6.45) is 1.82. The molecule has 4 heteroatoms. The summed E-state index contributed by atoms with van der Waals surface area (Å²) in [5.74, 6) is -1.42. The van der Waals surface area contributed by atoms with Crippen molar-refractivity contribution in [2.75, 3.05) is 7.11 Å². The Bertz CT molecular complexity index is 366. The highest BCUT2D eigenvalue weighted by molar-refractivity contribution is 5.34. The third-order valence-corrected chi connectivity index (χ3v) is 2.10. The Balaban J connectivity index is 3.19. The van der Waals surface area contributed by atoms with Gasteiger partial charge in [-0.3, -0.25) is 0 Å². The van der Waals surface area contributed by atoms with Crippen molar-refractivity contribution in [2.45, 2.75) is 12.5 Å². The number of rotatable bonds is 4. The predicted octanol–water partition coefficient (Wildman–Crippen LogP) is 2.55. The van der Waals surface area contributed by atoms with Crippen molar-refractivity contribution in [3.05, 3.63) is 42.0 Å². The molecule has 0 saturated carbocycles. The molecule has 0 aliphatic rings. The summed E-state index contributed by atoms with van der Waals surface area (Å²) in [4.78, 5) is 0. The van der Waals surface area contributed by atoms with Gasteiger partial charge in [0, 0.05) is 11.6 Å². The highest BCUT2D eigenvalue weighted by atomic mass is 19.1. The predicted molar refractivity (Wildman–Crippen MR) is 54.7 cm³/mol. The van der Waals surface area contributed by atoms with Crippen LogP contribution in [0.3, 0.4) is 0 Å². The van der Waals surface area contributed by atoms with E-state index in [1.807, 2.05) is 0 Å². The molecule has 0 spiro atoms. The molecule has 0 radical (unpaired) electrons. The molecule has 1 rings (SSSR count). The first-order valence-electron chi connectivity index (χ1n) is 4.50. The topological polar surface area (TPSA) is 35.2 Å². The molecule has 1 aromatic carbocycles. The van der Waals surface area contributed by atoms with Crippen molar-refractivity contribution in [3.8, 4) is 5.75 Å². The summed E-state index contributed by atoms with van der Waals surface area (Å²) in [7, 11) is 1.32. The van der Waals surface area contributed by atoms with Gasteiger partial charge in [-0.2, -0.15) is 0 Å². The second-order valence-corrected chi connectivity index (χ2v) is 3.11. The van der Waals surface area contributed by atoms with Gasteiger partial charge in [-0.25, -0.2) is 8.78 Å². The second kappa shape index (κ2) is 4.89. The van der Waals surface area contributed by atoms with Crippen LogP contribution in [0, 0.1) is 11.6 Å². The molecule has 2 nitrogen and oxygen atoms in total. The Morgan fingerprint density at radius 3 is 2.73 bits per heavy atom. The molecule has 0 aliphatic carbocycles. The van der Waals surface area contributed by atoms with E-state index in [9.17, 15) is 8.78 Å². The van der Waals surface area contributed by atoms with E-state index in [0.717, 1.165) is 6.07 Å². The standard InChI is InChI=1S/C11H13F2NO/c1-3-4-8(14)10-7(12)5-6-9(15-2)11(10)13/h3,5-6,8H,1,4,14H2,2H3/t8-/m0/s1. The maximum atomic E-state index is 13.6. The normalized spacial score (nSPS) is 12.3. The molecule has 82 valence electrons. The van der Waals surface area contributed by atoms with E-state index in [0.29, 0.717) is 6.42 Å². The molecule has 0 aromatic heterocycles. The second-order valence-electron chi connectivity index (χ2n) is 3.11. The molecule has 0 heterocycles. The fourth-order valence-electron chi connectivity index (χ4n) is 1.34. The molecule has 0 aliphatic heterocycles. The molecule has 2 N–H and O–H groups in total. The summed E-state index contributed by atoms with van der Waals surface area (Å²) in [6.45, 7) is 3.47. The molecule has 0 amide bonds. The molecule has 1 aromatic rings. The van der Waals surface area contributed by atoms with Crippen molar-refractivity contribution >= 4 is 0 Å². The van der Waals surface area contributed by atoms with Crippen LogP contribution in [0.2, 0.25) is 0 Å². The minimum atomic E-state index is -0.744. The quantitative estimate of drug-likeness (QED) is 0.780. The van der Waals surface area contributed by atoms with Crippen LogP contribution in [0.5, 0.6) is 5.75 Å². The van der Waals surface area contributed by atoms with E-state index in [1.165, 1.54) is 19.3 Å². The van der Waals surface area contributed by atoms with E-state index in [1.54, 1.807) is 0 Å². The van der Waals surface area contributed by atoms with E-state index in [4.69, 9.17) is 10.5 Å². The first kappa shape index (κ1) is 11.7. The van der Waals surface area contributed by atoms with E-state index in [2.05, 4.69) is 6.58 Å². The van der Waals surface area contributed by atoms with Gasteiger partial charge >= 0.3 is 0 Å². The maximum absolute atomic E-state index is 13.6. The molecule has 1 atom stereocenters. The van der Waals surface area contributed by atoms with E-state index < -0.39 is 17.7 Å². The van der Waals surface area contributed by atoms with Crippen molar-refractivity contribution in [3.63, 3.8) is 0 Å². The fraction of sp³-hybridized carbons (Fsp3) is 0.273. The third-order valence-electron chi connectivity index (χ3n) is 2.10. The number of benzene rings is 1. The van der Waals surface area contributed by atoms with Gasteiger partial charge in [-0.1, -0.05) is 6.08 Å². The zero-order valence-corrected chi connectivity index (χ0v) is 8.47. The zero-order chi connectivity index (χ0) is 11.4. The summed E-state index contributed by atoms with van der Waals surface area (Å²) < 4.78 is 31.7. The Morgan fingerprint density at radius 1 is 1.53 bits per heavy atom. The van der Waals surface area contributed by atoms with Gasteiger partial charge < -0.3 is 10.5 Å². The van der Waals surface area contributed by atoms with Gasteiger partial charge in [0.15, 0.2) is 11.6 Å². The van der Waals surface area contributed by atoms with E-state index >= 15 is 0 Å². The van der Waals surface area contributed by atoms with Gasteiger partial charge in [-0.05, 0) is 18.6 Å². The number of ether oxygens (including phenoxy) is 1. The minimum Gasteiger partial charge on any atom is -0.494 e. The van der Waals surface area contributed by atoms with Gasteiger partial charge in [-0.15, -0.1) is 6.58 Å². The summed E-state index contributed by atoms with van der Waals surface area (Å²) in [5.41, 5.74) is 5.47. The van der Waals surface area contributed by atoms with Crippen molar-refractivity contribution in [1.29, 1.82) is 0 Å². The third kappa shape index (κ3) is 2.33. The first-order chi connectivity index (χ1) is 7.11. The number of nitrogens with two attached hydrogens (primary N) is 1. The largest absolute Gasteiger partial charge is 0.494 e. The summed E-state index contributed by atoms with van der Waals surface area (Å²) >= 11 is 0. The highest BCUT2D eigenvalue weighted by Crippen LogP contribution is 2.28. The molecule has 0 saturated heterocycles. The highest BCUT2D eigenvalue weighted by Gasteiger charge is 2.19. The molecule has 0 fully saturated rings. The van der Waals surface area contributed by atoms with Crippen LogP contribution in [-0.4, -0.2) is 7.11 Å². The Morgan fingerprint density at radius 2 is 2.20 bits per heavy atom. The van der Waals surface area contributed by atoms with Crippen molar-refractivity contribution in [1.82, 2.24) is 0 Å². The van der Waals surface area contributed by atoms with Crippen LogP contribution in [0.4, 0.5) is 8.78 Å². The number of hydrogen-bond acceptors (Lipinski definition) is 2. The van der Waals surface area contributed by atoms with Gasteiger partial charge in [0.25, 0.3) is 0 Å². The fourth-order valence-corrected chi connectivity index (χ4v) is 1.34. The molecule has 0 bridgehead atoms. The summed E-state index contributed by atoms with van der Waals surface area (Å²) in [6, 6.07) is 1.63. The van der Waals surface area contributed by atoms with Crippen LogP contribution in [0.25, 0.3) is 0 Å². The molecule has 0 unspecified atom stereocenters. The average molecular weight is 213 g/mol. The summed E-state index contributed by atoms with van der Waals surface area (Å²) in [5, 5.41) is 0. The zero-order valence-electron chi connectivity index (χ0n) is 8.47. The van der Waals surface area contributed by atoms with Gasteiger partial charge in [0.1, 0.15) is 5.82 Å². The van der Waals surface area contributed by atoms with E-state index in [-0.39, 0.29) is 11.3 Å². The monoisotopic (exact) mass is 213 g/mol. The van der Waals surface area contributed by atoms with Crippen LogP contribution in [0.15, 0.2) is 24.8 Å². The lowest BCUT2D eigenvalue weighted by Gasteiger charge is -2.13. The first-order valence-corrected chi connectivity index (χ1v) is 4.50. The number of methoxy groups -OCH3 is 1. The Hall–Kier alpha value is -1.42. The van der Waals surface area contributed by atoms with Crippen LogP contribution >= 0.6 is 0 Å². The van der Waals surface area contributed by atoms with Crippen LogP contribution in [-0.2, 0) is 0 Å². The smallest absolute Gasteiger partial charge is 0.172 e. The molecular formula is C11H13F2NO. The maximum Gasteiger partial charge on any atom is 0.172 e. The number of halogens is 2. The van der Waals surface area contributed by atoms with Crippen molar-refractivity contribution in [2.24, 2.45) is 5.73 Å². The Kier molecular flexibility index (Phi) is 3.80. The average Bonchev–Trinajstić information content (AvgIpc) is 2.18. The minimum absolute atomic E-state index is 0.00841. The SMILES string of the molecule is C=CC[C@H](N)c1c(F)ccc(OC)c1F. The molecule has 15 heavy (non-hydrogen) atoms. The van der Waals surface area contributed by atoms with Crippen LogP contribution in [0.1, 0.15) is 18.0 Å². The van der Waals surface area contributed by atoms with Crippen molar-refractivity contribution < 1.29 is 13.5 Å². The van der Waals surface area contributed by atoms with Gasteiger partial charge in [0.05, 0.1) is 7.11 Å². The Labute approximate surface area is 87.4 Å².